The highest BCUT2D eigenvalue weighted by atomic mass is 16.4. The molecule has 1 rings (SSSR count). The summed E-state index contributed by atoms with van der Waals surface area (Å²) < 4.78 is 0. The highest BCUT2D eigenvalue weighted by molar-refractivity contribution is 5.82. The summed E-state index contributed by atoms with van der Waals surface area (Å²) in [5.41, 5.74) is 0. The highest BCUT2D eigenvalue weighted by Crippen LogP contribution is 2.12. The molecule has 0 aromatic rings. The smallest absolute Gasteiger partial charge is 0.242 e. The van der Waals surface area contributed by atoms with Crippen LogP contribution in [0.3, 0.4) is 0 Å². The molecule has 1 amide bonds. The van der Waals surface area contributed by atoms with E-state index in [2.05, 4.69) is 5.32 Å². The second-order valence-electron chi connectivity index (χ2n) is 3.79. The number of β-amino-alcohol motifs (C(OH)–C–C–N with tert-alkyl or cyclic N) is 1. The maximum atomic E-state index is 11.7. The van der Waals surface area contributed by atoms with Crippen LogP contribution in [0.4, 0.5) is 0 Å². The highest BCUT2D eigenvalue weighted by Gasteiger charge is 2.40. The number of hydrogen-bond donors (Lipinski definition) is 4. The van der Waals surface area contributed by atoms with Gasteiger partial charge in [-0.15, -0.1) is 0 Å². The van der Waals surface area contributed by atoms with Gasteiger partial charge in [0.2, 0.25) is 5.91 Å². The van der Waals surface area contributed by atoms with Gasteiger partial charge < -0.3 is 25.5 Å². The van der Waals surface area contributed by atoms with Gasteiger partial charge in [0, 0.05) is 20.1 Å². The number of aliphatic hydroxyl groups excluding tert-OH is 3. The molecule has 1 aliphatic heterocycles. The standard InChI is InChI=1S/C9H18N2O4/c1-3-11(2)9(15)6-8(14)7(13)5(12)4-10-6/h5-8,10,12-14H,3-4H2,1-2H3/t5-,6+,7+,8-/m1/s1. The van der Waals surface area contributed by atoms with Crippen LogP contribution in [0.1, 0.15) is 6.92 Å². The quantitative estimate of drug-likeness (QED) is 0.412. The Labute approximate surface area is 88.5 Å². The largest absolute Gasteiger partial charge is 0.389 e. The molecule has 1 heterocycles. The Kier molecular flexibility index (Phi) is 4.04. The zero-order chi connectivity index (χ0) is 11.6. The maximum absolute atomic E-state index is 11.7. The first-order valence-electron chi connectivity index (χ1n) is 5.01. The Hall–Kier alpha value is -0.690. The summed E-state index contributed by atoms with van der Waals surface area (Å²) >= 11 is 0. The van der Waals surface area contributed by atoms with E-state index in [1.165, 1.54) is 4.90 Å². The van der Waals surface area contributed by atoms with Crippen molar-refractivity contribution < 1.29 is 20.1 Å². The number of hydrogen-bond acceptors (Lipinski definition) is 5. The first-order chi connectivity index (χ1) is 6.99. The van der Waals surface area contributed by atoms with Crippen molar-refractivity contribution in [3.63, 3.8) is 0 Å². The van der Waals surface area contributed by atoms with Gasteiger partial charge in [0.1, 0.15) is 18.2 Å². The Balaban J connectivity index is 2.67. The van der Waals surface area contributed by atoms with E-state index in [1.54, 1.807) is 7.05 Å². The molecular weight excluding hydrogens is 200 g/mol. The molecule has 88 valence electrons. The molecule has 1 aliphatic rings. The maximum Gasteiger partial charge on any atom is 0.242 e. The second kappa shape index (κ2) is 4.89. The topological polar surface area (TPSA) is 93.0 Å². The minimum absolute atomic E-state index is 0.103. The summed E-state index contributed by atoms with van der Waals surface area (Å²) in [7, 11) is 1.62. The normalized spacial score (nSPS) is 36.3. The minimum atomic E-state index is -1.27. The summed E-state index contributed by atoms with van der Waals surface area (Å²) in [6.07, 6.45) is -3.57. The molecule has 0 saturated carbocycles. The number of nitrogens with one attached hydrogen (secondary N) is 1. The van der Waals surface area contributed by atoms with E-state index in [9.17, 15) is 20.1 Å². The first-order valence-corrected chi connectivity index (χ1v) is 5.01. The van der Waals surface area contributed by atoms with Crippen LogP contribution in [0.2, 0.25) is 0 Å². The second-order valence-corrected chi connectivity index (χ2v) is 3.79. The van der Waals surface area contributed by atoms with E-state index < -0.39 is 24.4 Å². The molecular formula is C9H18N2O4. The number of rotatable bonds is 2. The fourth-order valence-electron chi connectivity index (χ4n) is 1.54. The molecule has 0 aromatic carbocycles. The van der Waals surface area contributed by atoms with Gasteiger partial charge in [-0.05, 0) is 6.92 Å². The van der Waals surface area contributed by atoms with Crippen LogP contribution in [0.5, 0.6) is 0 Å². The van der Waals surface area contributed by atoms with Gasteiger partial charge in [-0.3, -0.25) is 4.79 Å². The van der Waals surface area contributed by atoms with Crippen LogP contribution in [0, 0.1) is 0 Å². The Morgan fingerprint density at radius 2 is 2.00 bits per heavy atom. The number of nitrogens with zero attached hydrogens (tertiary/aromatic N) is 1. The molecule has 1 saturated heterocycles. The lowest BCUT2D eigenvalue weighted by atomic mass is 9.95. The summed E-state index contributed by atoms with van der Waals surface area (Å²) in [6.45, 7) is 2.45. The van der Waals surface area contributed by atoms with E-state index in [0.29, 0.717) is 6.54 Å². The van der Waals surface area contributed by atoms with Crippen LogP contribution in [0.15, 0.2) is 0 Å². The van der Waals surface area contributed by atoms with Crippen molar-refractivity contribution in [2.75, 3.05) is 20.1 Å². The molecule has 4 N–H and O–H groups in total. The molecule has 0 radical (unpaired) electrons. The average Bonchev–Trinajstić information content (AvgIpc) is 2.24. The number of carbonyl (C=O) groups is 1. The third-order valence-corrected chi connectivity index (χ3v) is 2.75. The van der Waals surface area contributed by atoms with Gasteiger partial charge >= 0.3 is 0 Å². The molecule has 0 bridgehead atoms. The van der Waals surface area contributed by atoms with Gasteiger partial charge in [-0.25, -0.2) is 0 Å². The molecule has 15 heavy (non-hydrogen) atoms. The third kappa shape index (κ3) is 2.46. The molecule has 6 heteroatoms. The number of piperidine rings is 1. The van der Waals surface area contributed by atoms with Crippen molar-refractivity contribution >= 4 is 5.91 Å². The van der Waals surface area contributed by atoms with Crippen molar-refractivity contribution in [2.45, 2.75) is 31.3 Å². The zero-order valence-electron chi connectivity index (χ0n) is 8.92. The van der Waals surface area contributed by atoms with Crippen LogP contribution in [0.25, 0.3) is 0 Å². The molecule has 1 fully saturated rings. The first kappa shape index (κ1) is 12.4. The summed E-state index contributed by atoms with van der Waals surface area (Å²) in [4.78, 5) is 13.2. The van der Waals surface area contributed by atoms with E-state index in [1.807, 2.05) is 6.92 Å². The number of amides is 1. The van der Waals surface area contributed by atoms with Gasteiger partial charge in [0.25, 0.3) is 0 Å². The monoisotopic (exact) mass is 218 g/mol. The van der Waals surface area contributed by atoms with Gasteiger partial charge in [0.05, 0.1) is 6.10 Å². The lowest BCUT2D eigenvalue weighted by Crippen LogP contribution is -2.64. The Bertz CT molecular complexity index is 236. The lowest BCUT2D eigenvalue weighted by molar-refractivity contribution is -0.145. The van der Waals surface area contributed by atoms with Gasteiger partial charge in [-0.1, -0.05) is 0 Å². The predicted octanol–water partition coefficient (Wildman–Crippen LogP) is -2.48. The summed E-state index contributed by atoms with van der Waals surface area (Å²) in [6, 6.07) is -0.839. The van der Waals surface area contributed by atoms with E-state index >= 15 is 0 Å². The van der Waals surface area contributed by atoms with Crippen LogP contribution in [-0.2, 0) is 4.79 Å². The fourth-order valence-corrected chi connectivity index (χ4v) is 1.54. The summed E-state index contributed by atoms with van der Waals surface area (Å²) in [5, 5.41) is 31.0. The molecule has 0 aromatic heterocycles. The number of aliphatic hydroxyl groups is 3. The van der Waals surface area contributed by atoms with E-state index in [4.69, 9.17) is 0 Å². The van der Waals surface area contributed by atoms with Crippen molar-refractivity contribution in [3.8, 4) is 0 Å². The summed E-state index contributed by atoms with van der Waals surface area (Å²) in [5.74, 6) is -0.282. The zero-order valence-corrected chi connectivity index (χ0v) is 8.92. The molecule has 0 spiro atoms. The molecule has 4 atom stereocenters. The predicted molar refractivity (Wildman–Crippen MR) is 53.1 cm³/mol. The molecule has 0 unspecified atom stereocenters. The van der Waals surface area contributed by atoms with Crippen LogP contribution < -0.4 is 5.32 Å². The van der Waals surface area contributed by atoms with Crippen LogP contribution >= 0.6 is 0 Å². The van der Waals surface area contributed by atoms with Crippen molar-refractivity contribution in [1.29, 1.82) is 0 Å². The molecule has 6 nitrogen and oxygen atoms in total. The Morgan fingerprint density at radius 3 is 2.53 bits per heavy atom. The minimum Gasteiger partial charge on any atom is -0.389 e. The van der Waals surface area contributed by atoms with Gasteiger partial charge in [0.15, 0.2) is 0 Å². The third-order valence-electron chi connectivity index (χ3n) is 2.75. The van der Waals surface area contributed by atoms with E-state index in [0.717, 1.165) is 0 Å². The molecule has 0 aliphatic carbocycles. The van der Waals surface area contributed by atoms with E-state index in [-0.39, 0.29) is 12.5 Å². The Morgan fingerprint density at radius 1 is 1.40 bits per heavy atom. The van der Waals surface area contributed by atoms with Crippen molar-refractivity contribution in [3.05, 3.63) is 0 Å². The SMILES string of the molecule is CCN(C)C(=O)[C@H]1NC[C@@H](O)[C@H](O)[C@@H]1O. The fraction of sp³-hybridized carbons (Fsp3) is 0.889. The van der Waals surface area contributed by atoms with Crippen molar-refractivity contribution in [1.82, 2.24) is 10.2 Å². The van der Waals surface area contributed by atoms with Crippen LogP contribution in [-0.4, -0.2) is 70.6 Å². The average molecular weight is 218 g/mol. The van der Waals surface area contributed by atoms with Crippen molar-refractivity contribution in [2.24, 2.45) is 0 Å². The van der Waals surface area contributed by atoms with Gasteiger partial charge in [-0.2, -0.15) is 0 Å². The number of likely N-dealkylation sites (N-methyl/N-ethyl adjacent to an activating group) is 1. The lowest BCUT2D eigenvalue weighted by Gasteiger charge is -2.36. The number of carbonyl (C=O) groups excluding carboxylic acids is 1.